The number of halogens is 1. The zero-order valence-electron chi connectivity index (χ0n) is 13.2. The third-order valence-electron chi connectivity index (χ3n) is 4.79. The minimum absolute atomic E-state index is 0.0224. The van der Waals surface area contributed by atoms with Crippen LogP contribution >= 0.6 is 0 Å². The first-order valence-electron chi connectivity index (χ1n) is 8.21. The molecule has 0 spiro atoms. The highest BCUT2D eigenvalue weighted by Gasteiger charge is 2.41. The second kappa shape index (κ2) is 7.23. The Morgan fingerprint density at radius 1 is 1.35 bits per heavy atom. The molecule has 124 valence electrons. The Kier molecular flexibility index (Phi) is 5.08. The second-order valence-electron chi connectivity index (χ2n) is 6.20. The van der Waals surface area contributed by atoms with Crippen LogP contribution in [-0.2, 0) is 14.9 Å². The summed E-state index contributed by atoms with van der Waals surface area (Å²) >= 11 is 0. The molecule has 0 unspecified atom stereocenters. The highest BCUT2D eigenvalue weighted by atomic mass is 19.1. The van der Waals surface area contributed by atoms with Crippen LogP contribution in [0.1, 0.15) is 24.8 Å². The van der Waals surface area contributed by atoms with Crippen molar-refractivity contribution in [3.05, 3.63) is 47.3 Å². The van der Waals surface area contributed by atoms with Crippen LogP contribution in [0.15, 0.2) is 35.9 Å². The van der Waals surface area contributed by atoms with Gasteiger partial charge in [0, 0.05) is 26.3 Å². The number of amides is 1. The van der Waals surface area contributed by atoms with Gasteiger partial charge in [-0.1, -0.05) is 23.8 Å². The Labute approximate surface area is 136 Å². The number of hydrogen-bond donors (Lipinski definition) is 2. The summed E-state index contributed by atoms with van der Waals surface area (Å²) in [6.45, 7) is 3.42. The van der Waals surface area contributed by atoms with E-state index in [9.17, 15) is 9.18 Å². The summed E-state index contributed by atoms with van der Waals surface area (Å²) in [6, 6.07) is 6.41. The fourth-order valence-electron chi connectivity index (χ4n) is 3.35. The van der Waals surface area contributed by atoms with E-state index in [1.807, 2.05) is 6.07 Å². The fourth-order valence-corrected chi connectivity index (χ4v) is 3.35. The lowest BCUT2D eigenvalue weighted by Crippen LogP contribution is -2.48. The summed E-state index contributed by atoms with van der Waals surface area (Å²) < 4.78 is 19.1. The minimum Gasteiger partial charge on any atom is -0.381 e. The Morgan fingerprint density at radius 2 is 2.17 bits per heavy atom. The quantitative estimate of drug-likeness (QED) is 0.834. The molecule has 3 rings (SSSR count). The average Bonchev–Trinajstić information content (AvgIpc) is 2.61. The zero-order chi connectivity index (χ0) is 16.1. The lowest BCUT2D eigenvalue weighted by Gasteiger charge is -2.36. The van der Waals surface area contributed by atoms with Crippen molar-refractivity contribution in [3.8, 4) is 0 Å². The van der Waals surface area contributed by atoms with Crippen molar-refractivity contribution in [2.24, 2.45) is 0 Å². The maximum Gasteiger partial charge on any atom is 0.231 e. The molecule has 1 saturated heterocycles. The Bertz CT molecular complexity index is 594. The Hall–Kier alpha value is -1.72. The standard InChI is InChI=1S/C18H23FN2O2/c19-16-3-1-2-15(12-16)18(6-10-23-11-7-18)17(22)21-13-14-4-8-20-9-5-14/h1-4,12,20H,5-11,13H2,(H,21,22). The van der Waals surface area contributed by atoms with E-state index in [1.54, 1.807) is 6.07 Å². The SMILES string of the molecule is O=C(NCC1=CCNCC1)C1(c2cccc(F)c2)CCOCC1. The van der Waals surface area contributed by atoms with E-state index in [2.05, 4.69) is 16.7 Å². The minimum atomic E-state index is -0.687. The molecule has 1 amide bonds. The van der Waals surface area contributed by atoms with Gasteiger partial charge >= 0.3 is 0 Å². The molecule has 0 radical (unpaired) electrons. The van der Waals surface area contributed by atoms with E-state index < -0.39 is 5.41 Å². The van der Waals surface area contributed by atoms with Crippen LogP contribution in [0, 0.1) is 5.82 Å². The summed E-state index contributed by atoms with van der Waals surface area (Å²) in [5.74, 6) is -0.326. The van der Waals surface area contributed by atoms with Crippen molar-refractivity contribution in [2.45, 2.75) is 24.7 Å². The van der Waals surface area contributed by atoms with E-state index in [0.717, 1.165) is 25.1 Å². The maximum absolute atomic E-state index is 13.7. The third kappa shape index (κ3) is 3.62. The third-order valence-corrected chi connectivity index (χ3v) is 4.79. The Balaban J connectivity index is 1.78. The molecule has 5 heteroatoms. The number of hydrogen-bond acceptors (Lipinski definition) is 3. The summed E-state index contributed by atoms with van der Waals surface area (Å²) in [6.07, 6.45) is 4.25. The molecular formula is C18H23FN2O2. The van der Waals surface area contributed by atoms with Crippen LogP contribution in [0.2, 0.25) is 0 Å². The van der Waals surface area contributed by atoms with Crippen LogP contribution in [0.4, 0.5) is 4.39 Å². The van der Waals surface area contributed by atoms with Gasteiger partial charge in [-0.05, 0) is 43.5 Å². The number of ether oxygens (including phenoxy) is 1. The predicted molar refractivity (Wildman–Crippen MR) is 86.7 cm³/mol. The lowest BCUT2D eigenvalue weighted by atomic mass is 9.73. The molecule has 1 fully saturated rings. The van der Waals surface area contributed by atoms with Crippen molar-refractivity contribution < 1.29 is 13.9 Å². The highest BCUT2D eigenvalue weighted by molar-refractivity contribution is 5.88. The number of carbonyl (C=O) groups is 1. The van der Waals surface area contributed by atoms with Crippen LogP contribution in [-0.4, -0.2) is 38.8 Å². The molecule has 0 saturated carbocycles. The largest absolute Gasteiger partial charge is 0.381 e. The molecule has 2 heterocycles. The number of benzene rings is 1. The first-order chi connectivity index (χ1) is 11.2. The molecule has 0 aliphatic carbocycles. The highest BCUT2D eigenvalue weighted by Crippen LogP contribution is 2.35. The molecule has 4 nitrogen and oxygen atoms in total. The van der Waals surface area contributed by atoms with Crippen molar-refractivity contribution >= 4 is 5.91 Å². The van der Waals surface area contributed by atoms with E-state index in [-0.39, 0.29) is 11.7 Å². The number of nitrogens with one attached hydrogen (secondary N) is 2. The summed E-state index contributed by atoms with van der Waals surface area (Å²) in [5, 5.41) is 6.33. The summed E-state index contributed by atoms with van der Waals surface area (Å²) in [4.78, 5) is 12.9. The molecule has 2 aliphatic heterocycles. The summed E-state index contributed by atoms with van der Waals surface area (Å²) in [5.41, 5.74) is 1.31. The molecule has 1 aromatic rings. The van der Waals surface area contributed by atoms with E-state index in [4.69, 9.17) is 4.74 Å². The summed E-state index contributed by atoms with van der Waals surface area (Å²) in [7, 11) is 0. The molecule has 0 bridgehead atoms. The van der Waals surface area contributed by atoms with Crippen LogP contribution in [0.25, 0.3) is 0 Å². The van der Waals surface area contributed by atoms with E-state index in [1.165, 1.54) is 17.7 Å². The number of rotatable bonds is 4. The second-order valence-corrected chi connectivity index (χ2v) is 6.20. The zero-order valence-corrected chi connectivity index (χ0v) is 13.2. The van der Waals surface area contributed by atoms with Gasteiger partial charge in [0.25, 0.3) is 0 Å². The van der Waals surface area contributed by atoms with E-state index in [0.29, 0.717) is 32.6 Å². The predicted octanol–water partition coefficient (Wildman–Crippen LogP) is 1.91. The van der Waals surface area contributed by atoms with Crippen molar-refractivity contribution in [2.75, 3.05) is 32.8 Å². The molecule has 2 N–H and O–H groups in total. The topological polar surface area (TPSA) is 50.4 Å². The molecule has 23 heavy (non-hydrogen) atoms. The van der Waals surface area contributed by atoms with Gasteiger partial charge in [0.1, 0.15) is 5.82 Å². The molecule has 0 aromatic heterocycles. The maximum atomic E-state index is 13.7. The van der Waals surface area contributed by atoms with Crippen LogP contribution in [0.5, 0.6) is 0 Å². The van der Waals surface area contributed by atoms with Crippen LogP contribution in [0.3, 0.4) is 0 Å². The van der Waals surface area contributed by atoms with Gasteiger partial charge in [0.05, 0.1) is 5.41 Å². The van der Waals surface area contributed by atoms with Gasteiger partial charge in [-0.2, -0.15) is 0 Å². The number of carbonyl (C=O) groups excluding carboxylic acids is 1. The van der Waals surface area contributed by atoms with Crippen LogP contribution < -0.4 is 10.6 Å². The van der Waals surface area contributed by atoms with Gasteiger partial charge in [-0.3, -0.25) is 4.79 Å². The first kappa shape index (κ1) is 16.1. The van der Waals surface area contributed by atoms with E-state index >= 15 is 0 Å². The molecule has 2 aliphatic rings. The fraction of sp³-hybridized carbons (Fsp3) is 0.500. The van der Waals surface area contributed by atoms with Crippen molar-refractivity contribution in [1.82, 2.24) is 10.6 Å². The van der Waals surface area contributed by atoms with Crippen molar-refractivity contribution in [1.29, 1.82) is 0 Å². The Morgan fingerprint density at radius 3 is 2.87 bits per heavy atom. The smallest absolute Gasteiger partial charge is 0.231 e. The molecule has 1 aromatic carbocycles. The first-order valence-corrected chi connectivity index (χ1v) is 8.21. The molecular weight excluding hydrogens is 295 g/mol. The molecule has 0 atom stereocenters. The van der Waals surface area contributed by atoms with Gasteiger partial charge in [0.2, 0.25) is 5.91 Å². The van der Waals surface area contributed by atoms with Crippen molar-refractivity contribution in [3.63, 3.8) is 0 Å². The van der Waals surface area contributed by atoms with Gasteiger partial charge in [-0.15, -0.1) is 0 Å². The normalized spacial score (nSPS) is 20.7. The average molecular weight is 318 g/mol. The monoisotopic (exact) mass is 318 g/mol. The van der Waals surface area contributed by atoms with Gasteiger partial charge in [0.15, 0.2) is 0 Å². The van der Waals surface area contributed by atoms with Gasteiger partial charge < -0.3 is 15.4 Å². The lowest BCUT2D eigenvalue weighted by molar-refractivity contribution is -0.130. The van der Waals surface area contributed by atoms with Gasteiger partial charge in [-0.25, -0.2) is 4.39 Å².